The van der Waals surface area contributed by atoms with Crippen molar-refractivity contribution < 1.29 is 9.59 Å². The number of nitrogens with zero attached hydrogens (tertiary/aromatic N) is 3. The number of amides is 3. The number of urea groups is 1. The number of imide groups is 1. The summed E-state index contributed by atoms with van der Waals surface area (Å²) in [4.78, 5) is 23.6. The number of nitrogens with one attached hydrogen (secondary N) is 1. The number of carbonyl (C=O) groups is 2. The van der Waals surface area contributed by atoms with E-state index < -0.39 is 17.2 Å². The van der Waals surface area contributed by atoms with Crippen LogP contribution < -0.4 is 11.1 Å². The van der Waals surface area contributed by atoms with Gasteiger partial charge in [-0.1, -0.05) is 67.5 Å². The Kier molecular flexibility index (Phi) is 7.12. The summed E-state index contributed by atoms with van der Waals surface area (Å²) in [5.41, 5.74) is 7.05. The van der Waals surface area contributed by atoms with Gasteiger partial charge < -0.3 is 5.73 Å². The van der Waals surface area contributed by atoms with Crippen molar-refractivity contribution in [3.8, 4) is 11.4 Å². The molecule has 0 saturated heterocycles. The highest BCUT2D eigenvalue weighted by atomic mass is 35.5. The number of thioether (sulfide) groups is 1. The van der Waals surface area contributed by atoms with Gasteiger partial charge >= 0.3 is 6.03 Å². The Morgan fingerprint density at radius 2 is 1.77 bits per heavy atom. The molecule has 0 bridgehead atoms. The summed E-state index contributed by atoms with van der Waals surface area (Å²) < 4.78 is 1.95. The summed E-state index contributed by atoms with van der Waals surface area (Å²) in [7, 11) is 0. The van der Waals surface area contributed by atoms with E-state index in [1.807, 2.05) is 60.9 Å². The number of benzene rings is 2. The number of nitrogens with two attached hydrogens (primary N) is 1. The first-order valence-electron chi connectivity index (χ1n) is 9.35. The van der Waals surface area contributed by atoms with E-state index in [1.54, 1.807) is 12.1 Å². The lowest BCUT2D eigenvalue weighted by molar-refractivity contribution is -0.120. The molecule has 0 saturated carbocycles. The van der Waals surface area contributed by atoms with E-state index in [-0.39, 0.29) is 5.92 Å². The van der Waals surface area contributed by atoms with E-state index in [9.17, 15) is 9.59 Å². The van der Waals surface area contributed by atoms with Crippen LogP contribution in [0.25, 0.3) is 11.4 Å². The first-order valence-corrected chi connectivity index (χ1v) is 10.6. The van der Waals surface area contributed by atoms with Crippen LogP contribution in [-0.2, 0) is 11.3 Å². The molecule has 1 aromatic heterocycles. The predicted molar refractivity (Wildman–Crippen MR) is 118 cm³/mol. The lowest BCUT2D eigenvalue weighted by Crippen LogP contribution is -2.42. The van der Waals surface area contributed by atoms with Gasteiger partial charge in [-0.25, -0.2) is 4.79 Å². The summed E-state index contributed by atoms with van der Waals surface area (Å²) in [6, 6.07) is 16.4. The first-order chi connectivity index (χ1) is 14.3. The molecule has 9 heteroatoms. The van der Waals surface area contributed by atoms with Crippen molar-refractivity contribution in [2.45, 2.75) is 30.8 Å². The topological polar surface area (TPSA) is 103 Å². The Bertz CT molecular complexity index is 1020. The molecule has 3 amide bonds. The lowest BCUT2D eigenvalue weighted by atomic mass is 10.1. The second-order valence-electron chi connectivity index (χ2n) is 7.02. The summed E-state index contributed by atoms with van der Waals surface area (Å²) >= 11 is 7.28. The zero-order valence-electron chi connectivity index (χ0n) is 16.6. The monoisotopic (exact) mass is 443 g/mol. The molecule has 2 aromatic carbocycles. The number of halogens is 1. The van der Waals surface area contributed by atoms with Gasteiger partial charge in [0, 0.05) is 10.6 Å². The molecular formula is C21H22ClN5O2S. The molecule has 3 rings (SSSR count). The summed E-state index contributed by atoms with van der Waals surface area (Å²) in [5, 5.41) is 11.5. The van der Waals surface area contributed by atoms with Gasteiger partial charge in [0.05, 0.1) is 11.8 Å². The average molecular weight is 444 g/mol. The zero-order valence-corrected chi connectivity index (χ0v) is 18.2. The molecule has 156 valence electrons. The van der Waals surface area contributed by atoms with Crippen molar-refractivity contribution in [1.29, 1.82) is 0 Å². The van der Waals surface area contributed by atoms with Crippen LogP contribution in [0.3, 0.4) is 0 Å². The third kappa shape index (κ3) is 5.40. The molecule has 0 unspecified atom stereocenters. The lowest BCUT2D eigenvalue weighted by Gasteiger charge is -2.19. The van der Waals surface area contributed by atoms with Gasteiger partial charge in [0.1, 0.15) is 0 Å². The van der Waals surface area contributed by atoms with Crippen LogP contribution in [0.2, 0.25) is 5.02 Å². The number of rotatable bonds is 7. The van der Waals surface area contributed by atoms with E-state index in [0.29, 0.717) is 22.5 Å². The molecule has 0 aliphatic heterocycles. The van der Waals surface area contributed by atoms with Gasteiger partial charge in [0.25, 0.3) is 0 Å². The molecule has 1 atom stereocenters. The number of primary amides is 1. The Morgan fingerprint density at radius 1 is 1.10 bits per heavy atom. The smallest absolute Gasteiger partial charge is 0.318 e. The van der Waals surface area contributed by atoms with Crippen LogP contribution in [0.15, 0.2) is 59.8 Å². The highest BCUT2D eigenvalue weighted by molar-refractivity contribution is 8.00. The molecule has 3 aromatic rings. The Morgan fingerprint density at radius 3 is 2.37 bits per heavy atom. The van der Waals surface area contributed by atoms with Crippen molar-refractivity contribution in [2.75, 3.05) is 0 Å². The van der Waals surface area contributed by atoms with Crippen LogP contribution in [0, 0.1) is 5.92 Å². The third-order valence-corrected chi connectivity index (χ3v) is 6.12. The number of hydrogen-bond donors (Lipinski definition) is 2. The summed E-state index contributed by atoms with van der Waals surface area (Å²) in [6.45, 7) is 4.32. The van der Waals surface area contributed by atoms with Crippen molar-refractivity contribution in [2.24, 2.45) is 11.7 Å². The van der Waals surface area contributed by atoms with E-state index in [2.05, 4.69) is 15.5 Å². The molecule has 30 heavy (non-hydrogen) atoms. The van der Waals surface area contributed by atoms with Crippen LogP contribution >= 0.6 is 23.4 Å². The second kappa shape index (κ2) is 9.77. The molecule has 0 fully saturated rings. The highest BCUT2D eigenvalue weighted by Crippen LogP contribution is 2.31. The highest BCUT2D eigenvalue weighted by Gasteiger charge is 2.28. The molecule has 0 aliphatic rings. The zero-order chi connectivity index (χ0) is 21.7. The summed E-state index contributed by atoms with van der Waals surface area (Å²) in [5.74, 6) is 0.149. The van der Waals surface area contributed by atoms with Crippen LogP contribution in [0.4, 0.5) is 4.79 Å². The number of carbonyl (C=O) groups excluding carboxylic acids is 2. The van der Waals surface area contributed by atoms with Gasteiger partial charge in [-0.3, -0.25) is 14.7 Å². The Hall–Kier alpha value is -2.84. The first kappa shape index (κ1) is 21.9. The van der Waals surface area contributed by atoms with Crippen LogP contribution in [0.1, 0.15) is 19.4 Å². The van der Waals surface area contributed by atoms with Crippen molar-refractivity contribution in [1.82, 2.24) is 20.1 Å². The van der Waals surface area contributed by atoms with E-state index in [1.165, 1.54) is 11.8 Å². The SMILES string of the molecule is CC(C)[C@H](Sc1nnc(-c2ccc(Cl)cc2)n1Cc1ccccc1)C(=O)NC(N)=O. The summed E-state index contributed by atoms with van der Waals surface area (Å²) in [6.07, 6.45) is 0. The fourth-order valence-corrected chi connectivity index (χ4v) is 4.05. The average Bonchev–Trinajstić information content (AvgIpc) is 3.09. The minimum atomic E-state index is -0.876. The molecule has 7 nitrogen and oxygen atoms in total. The maximum atomic E-state index is 12.5. The predicted octanol–water partition coefficient (Wildman–Crippen LogP) is 3.96. The van der Waals surface area contributed by atoms with Crippen LogP contribution in [-0.4, -0.2) is 32.0 Å². The van der Waals surface area contributed by atoms with Gasteiger partial charge in [0.2, 0.25) is 5.91 Å². The molecule has 1 heterocycles. The van der Waals surface area contributed by atoms with Crippen LogP contribution in [0.5, 0.6) is 0 Å². The molecule has 0 spiro atoms. The molecule has 0 radical (unpaired) electrons. The van der Waals surface area contributed by atoms with Gasteiger partial charge in [-0.2, -0.15) is 0 Å². The van der Waals surface area contributed by atoms with E-state index in [4.69, 9.17) is 17.3 Å². The molecule has 0 aliphatic carbocycles. The maximum Gasteiger partial charge on any atom is 0.318 e. The third-order valence-electron chi connectivity index (χ3n) is 4.35. The standard InChI is InChI=1S/C21H22ClN5O2S/c1-13(2)17(19(28)24-20(23)29)30-21-26-25-18(15-8-10-16(22)11-9-15)27(21)12-14-6-4-3-5-7-14/h3-11,13,17H,12H2,1-2H3,(H3,23,24,28,29)/t17-/m0/s1. The fourth-order valence-electron chi connectivity index (χ4n) is 2.90. The van der Waals surface area contributed by atoms with Crippen molar-refractivity contribution in [3.63, 3.8) is 0 Å². The van der Waals surface area contributed by atoms with Gasteiger partial charge in [-0.05, 0) is 35.7 Å². The van der Waals surface area contributed by atoms with Crippen molar-refractivity contribution >= 4 is 35.3 Å². The second-order valence-corrected chi connectivity index (χ2v) is 8.57. The number of hydrogen-bond acceptors (Lipinski definition) is 5. The van der Waals surface area contributed by atoms with E-state index in [0.717, 1.165) is 11.1 Å². The Labute approximate surface area is 184 Å². The normalized spacial score (nSPS) is 12.0. The minimum absolute atomic E-state index is 0.0600. The molecular weight excluding hydrogens is 422 g/mol. The molecule has 3 N–H and O–H groups in total. The quantitative estimate of drug-likeness (QED) is 0.538. The van der Waals surface area contributed by atoms with Crippen molar-refractivity contribution in [3.05, 3.63) is 65.2 Å². The largest absolute Gasteiger partial charge is 0.351 e. The van der Waals surface area contributed by atoms with Gasteiger partial charge in [-0.15, -0.1) is 10.2 Å². The number of aromatic nitrogens is 3. The Balaban J connectivity index is 1.99. The maximum absolute atomic E-state index is 12.5. The van der Waals surface area contributed by atoms with Gasteiger partial charge in [0.15, 0.2) is 11.0 Å². The minimum Gasteiger partial charge on any atom is -0.351 e. The van der Waals surface area contributed by atoms with E-state index >= 15 is 0 Å². The fraction of sp³-hybridized carbons (Fsp3) is 0.238.